The fraction of sp³-hybridized carbons (Fsp3) is 0.321. The molecular formula is C28H33BO8S. The van der Waals surface area contributed by atoms with E-state index in [1.165, 1.54) is 42.0 Å². The Morgan fingerprint density at radius 3 is 1.82 bits per heavy atom. The van der Waals surface area contributed by atoms with Gasteiger partial charge in [-0.1, -0.05) is 50.2 Å². The summed E-state index contributed by atoms with van der Waals surface area (Å²) >= 11 is 0. The van der Waals surface area contributed by atoms with Crippen molar-refractivity contribution < 1.29 is 37.3 Å². The van der Waals surface area contributed by atoms with Gasteiger partial charge in [0.2, 0.25) is 0 Å². The molecule has 0 saturated heterocycles. The second-order valence-corrected chi connectivity index (χ2v) is 10.5. The van der Waals surface area contributed by atoms with Crippen molar-refractivity contribution in [3.8, 4) is 5.75 Å². The number of ether oxygens (including phenoxy) is 2. The van der Waals surface area contributed by atoms with Crippen LogP contribution < -0.4 is 10.2 Å². The molecule has 0 amide bonds. The summed E-state index contributed by atoms with van der Waals surface area (Å²) in [6.07, 6.45) is 2.73. The highest BCUT2D eigenvalue weighted by Crippen LogP contribution is 2.35. The van der Waals surface area contributed by atoms with Crippen LogP contribution in [-0.2, 0) is 14.9 Å². The van der Waals surface area contributed by atoms with Crippen LogP contribution in [0.5, 0.6) is 5.75 Å². The highest BCUT2D eigenvalue weighted by molar-refractivity contribution is 7.85. The van der Waals surface area contributed by atoms with Crippen LogP contribution in [0, 0.1) is 0 Å². The van der Waals surface area contributed by atoms with E-state index in [-0.39, 0.29) is 29.5 Å². The third-order valence-electron chi connectivity index (χ3n) is 6.59. The first-order valence-electron chi connectivity index (χ1n) is 12.6. The average molecular weight is 540 g/mol. The first-order chi connectivity index (χ1) is 18.1. The Balaban J connectivity index is 1.51. The van der Waals surface area contributed by atoms with Crippen molar-refractivity contribution in [3.63, 3.8) is 0 Å². The lowest BCUT2D eigenvalue weighted by molar-refractivity contribution is 0.0450. The van der Waals surface area contributed by atoms with E-state index < -0.39 is 23.2 Å². The molecule has 10 heteroatoms. The Labute approximate surface area is 224 Å². The summed E-state index contributed by atoms with van der Waals surface area (Å²) in [5, 5.41) is 18.2. The van der Waals surface area contributed by atoms with Crippen LogP contribution in [0.1, 0.15) is 66.4 Å². The molecule has 0 aromatic heterocycles. The van der Waals surface area contributed by atoms with Gasteiger partial charge in [0, 0.05) is 0 Å². The second-order valence-electron chi connectivity index (χ2n) is 9.04. The molecule has 3 N–H and O–H groups in total. The zero-order valence-electron chi connectivity index (χ0n) is 21.5. The summed E-state index contributed by atoms with van der Waals surface area (Å²) < 4.78 is 42.8. The van der Waals surface area contributed by atoms with Crippen LogP contribution in [0.3, 0.4) is 0 Å². The van der Waals surface area contributed by atoms with Gasteiger partial charge < -0.3 is 19.5 Å². The first-order valence-corrected chi connectivity index (χ1v) is 14.0. The molecular weight excluding hydrogens is 507 g/mol. The maximum absolute atomic E-state index is 12.1. The molecule has 2 atom stereocenters. The van der Waals surface area contributed by atoms with Gasteiger partial charge in [0.15, 0.2) is 0 Å². The van der Waals surface area contributed by atoms with Crippen molar-refractivity contribution in [2.45, 2.75) is 49.8 Å². The average Bonchev–Trinajstić information content (AvgIpc) is 2.92. The predicted molar refractivity (Wildman–Crippen MR) is 145 cm³/mol. The van der Waals surface area contributed by atoms with Gasteiger partial charge >= 0.3 is 13.1 Å². The Morgan fingerprint density at radius 1 is 0.816 bits per heavy atom. The molecule has 3 aromatic rings. The normalized spacial score (nSPS) is 13.0. The van der Waals surface area contributed by atoms with Crippen LogP contribution in [0.25, 0.3) is 0 Å². The summed E-state index contributed by atoms with van der Waals surface area (Å²) in [4.78, 5) is 12.0. The summed E-state index contributed by atoms with van der Waals surface area (Å²) in [5.74, 6) is 0.682. The van der Waals surface area contributed by atoms with Crippen LogP contribution >= 0.6 is 0 Å². The van der Waals surface area contributed by atoms with E-state index >= 15 is 0 Å². The Morgan fingerprint density at radius 2 is 1.34 bits per heavy atom. The standard InChI is InChI=1S/C28H33BO8S/c1-3-20(19-21(4-2)23-9-15-27(16-10-23)38(33,34)35)22-7-13-26(14-8-22)36-17-18-37-28(30)24-5-11-25(12-6-24)29(31)32/h5-16,20-21,31-32H,3-4,17-19H2,1-2H3,(H,33,34,35). The minimum Gasteiger partial charge on any atom is -0.490 e. The number of benzene rings is 3. The van der Waals surface area contributed by atoms with Crippen molar-refractivity contribution in [1.82, 2.24) is 0 Å². The third kappa shape index (κ3) is 8.16. The monoisotopic (exact) mass is 540 g/mol. The van der Waals surface area contributed by atoms with E-state index in [0.29, 0.717) is 17.2 Å². The predicted octanol–water partition coefficient (Wildman–Crippen LogP) is 3.93. The maximum Gasteiger partial charge on any atom is 0.488 e. The molecule has 0 aliphatic heterocycles. The first kappa shape index (κ1) is 29.4. The van der Waals surface area contributed by atoms with Gasteiger partial charge in [0.25, 0.3) is 10.1 Å². The molecule has 0 saturated carbocycles. The molecule has 8 nitrogen and oxygen atoms in total. The van der Waals surface area contributed by atoms with Crippen molar-refractivity contribution in [2.75, 3.05) is 13.2 Å². The molecule has 0 fully saturated rings. The van der Waals surface area contributed by atoms with Crippen LogP contribution in [-0.4, -0.2) is 49.3 Å². The minimum atomic E-state index is -4.21. The fourth-order valence-corrected chi connectivity index (χ4v) is 4.82. The van der Waals surface area contributed by atoms with E-state index in [9.17, 15) is 17.8 Å². The Bertz CT molecular complexity index is 1270. The van der Waals surface area contributed by atoms with Gasteiger partial charge in [-0.3, -0.25) is 4.55 Å². The molecule has 2 unspecified atom stereocenters. The zero-order chi connectivity index (χ0) is 27.7. The summed E-state index contributed by atoms with van der Waals surface area (Å²) in [7, 11) is -5.80. The highest BCUT2D eigenvalue weighted by Gasteiger charge is 2.19. The number of hydrogen-bond acceptors (Lipinski definition) is 7. The molecule has 38 heavy (non-hydrogen) atoms. The highest BCUT2D eigenvalue weighted by atomic mass is 32.2. The number of rotatable bonds is 13. The maximum atomic E-state index is 12.1. The van der Waals surface area contributed by atoms with Crippen molar-refractivity contribution in [2.24, 2.45) is 0 Å². The number of carbonyl (C=O) groups is 1. The molecule has 3 rings (SSSR count). The molecule has 0 heterocycles. The van der Waals surface area contributed by atoms with E-state index in [0.717, 1.165) is 24.8 Å². The lowest BCUT2D eigenvalue weighted by Gasteiger charge is -2.23. The minimum absolute atomic E-state index is 0.0666. The van der Waals surface area contributed by atoms with Gasteiger partial charge in [0.05, 0.1) is 10.5 Å². The Kier molecular flexibility index (Phi) is 10.5. The quantitative estimate of drug-likeness (QED) is 0.129. The molecule has 3 aromatic carbocycles. The molecule has 0 radical (unpaired) electrons. The number of carbonyl (C=O) groups excluding carboxylic acids is 1. The second kappa shape index (κ2) is 13.6. The zero-order valence-corrected chi connectivity index (χ0v) is 22.3. The van der Waals surface area contributed by atoms with Gasteiger partial charge in [-0.2, -0.15) is 8.42 Å². The van der Waals surface area contributed by atoms with Crippen molar-refractivity contribution in [1.29, 1.82) is 0 Å². The van der Waals surface area contributed by atoms with Gasteiger partial charge in [-0.15, -0.1) is 0 Å². The van der Waals surface area contributed by atoms with E-state index in [1.807, 2.05) is 24.3 Å². The molecule has 0 aliphatic carbocycles. The van der Waals surface area contributed by atoms with E-state index in [1.54, 1.807) is 12.1 Å². The van der Waals surface area contributed by atoms with E-state index in [2.05, 4.69) is 13.8 Å². The largest absolute Gasteiger partial charge is 0.490 e. The van der Waals surface area contributed by atoms with Gasteiger partial charge in [-0.25, -0.2) is 4.79 Å². The molecule has 0 aliphatic rings. The Hall–Kier alpha value is -3.18. The van der Waals surface area contributed by atoms with Crippen molar-refractivity contribution in [3.05, 3.63) is 89.5 Å². The van der Waals surface area contributed by atoms with Gasteiger partial charge in [0.1, 0.15) is 19.0 Å². The number of esters is 1. The van der Waals surface area contributed by atoms with E-state index in [4.69, 9.17) is 19.5 Å². The molecule has 0 spiro atoms. The summed E-state index contributed by atoms with van der Waals surface area (Å²) in [6, 6.07) is 20.1. The van der Waals surface area contributed by atoms with Crippen LogP contribution in [0.4, 0.5) is 0 Å². The van der Waals surface area contributed by atoms with Crippen molar-refractivity contribution >= 4 is 28.7 Å². The fourth-order valence-electron chi connectivity index (χ4n) is 4.34. The van der Waals surface area contributed by atoms with Crippen LogP contribution in [0.15, 0.2) is 77.7 Å². The third-order valence-corrected chi connectivity index (χ3v) is 7.45. The van der Waals surface area contributed by atoms with Gasteiger partial charge in [-0.05, 0) is 84.1 Å². The lowest BCUT2D eigenvalue weighted by atomic mass is 9.80. The summed E-state index contributed by atoms with van der Waals surface area (Å²) in [6.45, 7) is 4.49. The molecule has 0 bridgehead atoms. The number of hydrogen-bond donors (Lipinski definition) is 3. The lowest BCUT2D eigenvalue weighted by Crippen LogP contribution is -2.29. The smallest absolute Gasteiger partial charge is 0.488 e. The summed E-state index contributed by atoms with van der Waals surface area (Å²) in [5.41, 5.74) is 2.81. The van der Waals surface area contributed by atoms with Crippen LogP contribution in [0.2, 0.25) is 0 Å². The SMILES string of the molecule is CCC(CC(CC)c1ccc(S(=O)(=O)O)cc1)c1ccc(OCCOC(=O)c2ccc(B(O)O)cc2)cc1. The topological polar surface area (TPSA) is 130 Å². The molecule has 202 valence electrons.